The molecule has 0 radical (unpaired) electrons. The normalized spacial score (nSPS) is 23.1. The van der Waals surface area contributed by atoms with Crippen LogP contribution in [0.15, 0.2) is 0 Å². The summed E-state index contributed by atoms with van der Waals surface area (Å²) in [6.45, 7) is 4.05. The highest BCUT2D eigenvalue weighted by molar-refractivity contribution is 7.86. The van der Waals surface area contributed by atoms with Gasteiger partial charge in [0.25, 0.3) is 10.2 Å². The monoisotopic (exact) mass is 308 g/mol. The average molecular weight is 309 g/mol. The molecule has 2 fully saturated rings. The molecule has 0 aromatic rings. The van der Waals surface area contributed by atoms with E-state index in [2.05, 4.69) is 6.92 Å². The predicted molar refractivity (Wildman–Crippen MR) is 78.6 cm³/mol. The van der Waals surface area contributed by atoms with Crippen molar-refractivity contribution in [1.29, 1.82) is 0 Å². The fourth-order valence-electron chi connectivity index (χ4n) is 2.61. The minimum absolute atomic E-state index is 0.266. The van der Waals surface area contributed by atoms with Crippen LogP contribution in [-0.2, 0) is 10.2 Å². The lowest BCUT2D eigenvalue weighted by molar-refractivity contribution is 0.262. The first-order chi connectivity index (χ1) is 9.09. The van der Waals surface area contributed by atoms with Crippen LogP contribution < -0.4 is 0 Å². The van der Waals surface area contributed by atoms with Gasteiger partial charge < -0.3 is 0 Å². The molecule has 112 valence electrons. The Morgan fingerprint density at radius 2 is 1.84 bits per heavy atom. The van der Waals surface area contributed by atoms with E-state index in [0.717, 1.165) is 38.5 Å². The quantitative estimate of drug-likeness (QED) is 0.678. The molecular weight excluding hydrogens is 284 g/mol. The Kier molecular flexibility index (Phi) is 5.52. The molecule has 2 aliphatic rings. The Bertz CT molecular complexity index is 376. The van der Waals surface area contributed by atoms with Crippen molar-refractivity contribution in [3.05, 3.63) is 0 Å². The largest absolute Gasteiger partial charge is 0.282 e. The lowest BCUT2D eigenvalue weighted by Gasteiger charge is -2.34. The molecule has 0 amide bonds. The van der Waals surface area contributed by atoms with E-state index in [1.807, 2.05) is 0 Å². The summed E-state index contributed by atoms with van der Waals surface area (Å²) < 4.78 is 28.8. The summed E-state index contributed by atoms with van der Waals surface area (Å²) in [7, 11) is -3.24. The van der Waals surface area contributed by atoms with Gasteiger partial charge in [-0.2, -0.15) is 17.0 Å². The molecule has 0 unspecified atom stereocenters. The summed E-state index contributed by atoms with van der Waals surface area (Å²) in [6, 6.07) is 0.266. The summed E-state index contributed by atoms with van der Waals surface area (Å²) in [5, 5.41) is 0. The van der Waals surface area contributed by atoms with Gasteiger partial charge in [0.05, 0.1) is 0 Å². The van der Waals surface area contributed by atoms with Crippen molar-refractivity contribution in [1.82, 2.24) is 8.61 Å². The number of alkyl halides is 1. The van der Waals surface area contributed by atoms with E-state index in [9.17, 15) is 8.42 Å². The van der Waals surface area contributed by atoms with E-state index >= 15 is 0 Å². The maximum atomic E-state index is 12.7. The number of rotatable bonds is 7. The van der Waals surface area contributed by atoms with Crippen LogP contribution in [0.3, 0.4) is 0 Å². The molecule has 0 atom stereocenters. The average Bonchev–Trinajstić information content (AvgIpc) is 3.23. The first kappa shape index (κ1) is 15.5. The molecule has 1 saturated heterocycles. The summed E-state index contributed by atoms with van der Waals surface area (Å²) in [6.07, 6.45) is 5.84. The van der Waals surface area contributed by atoms with Gasteiger partial charge in [-0.1, -0.05) is 13.3 Å². The Balaban J connectivity index is 1.99. The molecule has 0 aromatic heterocycles. The van der Waals surface area contributed by atoms with Crippen molar-refractivity contribution in [3.63, 3.8) is 0 Å². The fourth-order valence-corrected chi connectivity index (χ4v) is 4.83. The fraction of sp³-hybridized carbons (Fsp3) is 1.00. The topological polar surface area (TPSA) is 40.6 Å². The summed E-state index contributed by atoms with van der Waals surface area (Å²) in [5.41, 5.74) is 0. The van der Waals surface area contributed by atoms with Crippen molar-refractivity contribution in [2.45, 2.75) is 51.5 Å². The van der Waals surface area contributed by atoms with E-state index in [1.54, 1.807) is 8.61 Å². The Labute approximate surface area is 122 Å². The molecule has 6 heteroatoms. The Morgan fingerprint density at radius 1 is 1.21 bits per heavy atom. The number of hydrogen-bond acceptors (Lipinski definition) is 2. The third kappa shape index (κ3) is 3.84. The highest BCUT2D eigenvalue weighted by Gasteiger charge is 2.40. The second-order valence-electron chi connectivity index (χ2n) is 5.70. The van der Waals surface area contributed by atoms with Gasteiger partial charge in [0.2, 0.25) is 0 Å². The van der Waals surface area contributed by atoms with Crippen LogP contribution in [0.25, 0.3) is 0 Å². The lowest BCUT2D eigenvalue weighted by atomic mass is 10.0. The molecular formula is C13H25ClN2O2S. The van der Waals surface area contributed by atoms with Crippen LogP contribution in [0.5, 0.6) is 0 Å². The summed E-state index contributed by atoms with van der Waals surface area (Å²) in [4.78, 5) is 0. The lowest BCUT2D eigenvalue weighted by Crippen LogP contribution is -2.48. The molecule has 1 heterocycles. The maximum Gasteiger partial charge on any atom is 0.282 e. The highest BCUT2D eigenvalue weighted by Crippen LogP contribution is 2.32. The number of nitrogens with zero attached hydrogens (tertiary/aromatic N) is 2. The molecule has 0 aromatic carbocycles. The summed E-state index contributed by atoms with van der Waals surface area (Å²) in [5.74, 6) is 1.13. The van der Waals surface area contributed by atoms with Crippen molar-refractivity contribution in [2.75, 3.05) is 25.5 Å². The molecule has 4 nitrogen and oxygen atoms in total. The van der Waals surface area contributed by atoms with Crippen LogP contribution >= 0.6 is 11.6 Å². The van der Waals surface area contributed by atoms with Gasteiger partial charge >= 0.3 is 0 Å². The number of halogens is 1. The zero-order chi connectivity index (χ0) is 13.9. The molecule has 1 saturated carbocycles. The zero-order valence-electron chi connectivity index (χ0n) is 11.7. The van der Waals surface area contributed by atoms with Crippen LogP contribution in [-0.4, -0.2) is 48.6 Å². The van der Waals surface area contributed by atoms with Crippen molar-refractivity contribution in [2.24, 2.45) is 5.92 Å². The SMILES string of the molecule is CCCCN(C1CC1)S(=O)(=O)N1CCC(CCl)CC1. The Morgan fingerprint density at radius 3 is 2.32 bits per heavy atom. The molecule has 2 rings (SSSR count). The maximum absolute atomic E-state index is 12.7. The smallest absolute Gasteiger partial charge is 0.195 e. The standard InChI is InChI=1S/C13H25ClN2O2S/c1-2-3-8-16(13-4-5-13)19(17,18)15-9-6-12(11-14)7-10-15/h12-13H,2-11H2,1H3. The summed E-state index contributed by atoms with van der Waals surface area (Å²) >= 11 is 5.86. The van der Waals surface area contributed by atoms with E-state index in [1.165, 1.54) is 0 Å². The first-order valence-corrected chi connectivity index (χ1v) is 9.35. The molecule has 19 heavy (non-hydrogen) atoms. The van der Waals surface area contributed by atoms with Gasteiger partial charge in [-0.05, 0) is 38.0 Å². The van der Waals surface area contributed by atoms with Gasteiger partial charge in [-0.25, -0.2) is 0 Å². The third-order valence-corrected chi connectivity index (χ3v) is 6.63. The predicted octanol–water partition coefficient (Wildman–Crippen LogP) is 2.45. The Hall–Kier alpha value is 0.160. The van der Waals surface area contributed by atoms with Gasteiger partial charge in [0, 0.05) is 31.6 Å². The minimum atomic E-state index is -3.24. The van der Waals surface area contributed by atoms with Crippen LogP contribution in [0.1, 0.15) is 45.4 Å². The van der Waals surface area contributed by atoms with E-state index in [4.69, 9.17) is 11.6 Å². The minimum Gasteiger partial charge on any atom is -0.195 e. The van der Waals surface area contributed by atoms with Crippen LogP contribution in [0.4, 0.5) is 0 Å². The van der Waals surface area contributed by atoms with Crippen LogP contribution in [0, 0.1) is 5.92 Å². The van der Waals surface area contributed by atoms with E-state index in [0.29, 0.717) is 31.4 Å². The van der Waals surface area contributed by atoms with Crippen molar-refractivity contribution in [3.8, 4) is 0 Å². The van der Waals surface area contributed by atoms with Crippen LogP contribution in [0.2, 0.25) is 0 Å². The van der Waals surface area contributed by atoms with E-state index in [-0.39, 0.29) is 6.04 Å². The second-order valence-corrected chi connectivity index (χ2v) is 7.89. The first-order valence-electron chi connectivity index (χ1n) is 7.42. The molecule has 0 N–H and O–H groups in total. The van der Waals surface area contributed by atoms with Gasteiger partial charge in [0.1, 0.15) is 0 Å². The molecule has 0 spiro atoms. The van der Waals surface area contributed by atoms with Gasteiger partial charge in [-0.3, -0.25) is 0 Å². The van der Waals surface area contributed by atoms with E-state index < -0.39 is 10.2 Å². The molecule has 0 bridgehead atoms. The highest BCUT2D eigenvalue weighted by atomic mass is 35.5. The number of unbranched alkanes of at least 4 members (excludes halogenated alkanes) is 1. The number of piperidine rings is 1. The number of hydrogen-bond donors (Lipinski definition) is 0. The van der Waals surface area contributed by atoms with Crippen molar-refractivity contribution >= 4 is 21.8 Å². The molecule has 1 aliphatic carbocycles. The van der Waals surface area contributed by atoms with Gasteiger partial charge in [-0.15, -0.1) is 11.6 Å². The second kappa shape index (κ2) is 6.74. The molecule has 1 aliphatic heterocycles. The van der Waals surface area contributed by atoms with Gasteiger partial charge in [0.15, 0.2) is 0 Å². The third-order valence-electron chi connectivity index (χ3n) is 4.10. The van der Waals surface area contributed by atoms with Crippen molar-refractivity contribution < 1.29 is 8.42 Å². The zero-order valence-corrected chi connectivity index (χ0v) is 13.3.